The summed E-state index contributed by atoms with van der Waals surface area (Å²) in [5, 5.41) is 5.17. The molecule has 0 saturated heterocycles. The Morgan fingerprint density at radius 2 is 1.68 bits per heavy atom. The van der Waals surface area contributed by atoms with Crippen LogP contribution in [0.5, 0.6) is 0 Å². The fourth-order valence-electron chi connectivity index (χ4n) is 1.79. The molecule has 0 atom stereocenters. The van der Waals surface area contributed by atoms with Gasteiger partial charge in [-0.25, -0.2) is 9.18 Å². The molecule has 4 heteroatoms. The number of hydrogen-bond acceptors (Lipinski definition) is 1. The lowest BCUT2D eigenvalue weighted by Gasteiger charge is -2.10. The lowest BCUT2D eigenvalue weighted by atomic mass is 10.1. The van der Waals surface area contributed by atoms with Gasteiger partial charge in [-0.2, -0.15) is 0 Å². The Kier molecular flexibility index (Phi) is 3.80. The summed E-state index contributed by atoms with van der Waals surface area (Å²) in [6, 6.07) is 11.3. The molecule has 0 unspecified atom stereocenters. The van der Waals surface area contributed by atoms with Crippen LogP contribution in [0.1, 0.15) is 11.1 Å². The molecular formula is C15H15FN2O. The van der Waals surface area contributed by atoms with Crippen LogP contribution >= 0.6 is 0 Å². The average molecular weight is 258 g/mol. The zero-order chi connectivity index (χ0) is 13.8. The number of anilines is 2. The summed E-state index contributed by atoms with van der Waals surface area (Å²) < 4.78 is 13.4. The van der Waals surface area contributed by atoms with Gasteiger partial charge in [-0.05, 0) is 37.6 Å². The third kappa shape index (κ3) is 3.31. The van der Waals surface area contributed by atoms with Crippen molar-refractivity contribution in [1.82, 2.24) is 0 Å². The molecule has 19 heavy (non-hydrogen) atoms. The van der Waals surface area contributed by atoms with Gasteiger partial charge in [-0.1, -0.05) is 29.8 Å². The summed E-state index contributed by atoms with van der Waals surface area (Å²) in [4.78, 5) is 11.8. The summed E-state index contributed by atoms with van der Waals surface area (Å²) in [6.45, 7) is 3.89. The summed E-state index contributed by atoms with van der Waals surface area (Å²) in [6.07, 6.45) is 0. The number of halogens is 1. The number of urea groups is 1. The van der Waals surface area contributed by atoms with Crippen LogP contribution in [0, 0.1) is 19.7 Å². The van der Waals surface area contributed by atoms with E-state index in [0.29, 0.717) is 5.69 Å². The summed E-state index contributed by atoms with van der Waals surface area (Å²) in [5.74, 6) is -0.460. The molecule has 0 bridgehead atoms. The molecule has 0 radical (unpaired) electrons. The first kappa shape index (κ1) is 13.1. The van der Waals surface area contributed by atoms with Gasteiger partial charge in [-0.3, -0.25) is 0 Å². The maximum atomic E-state index is 13.4. The highest BCUT2D eigenvalue weighted by atomic mass is 19.1. The second-order valence-electron chi connectivity index (χ2n) is 4.38. The van der Waals surface area contributed by atoms with E-state index >= 15 is 0 Å². The lowest BCUT2D eigenvalue weighted by molar-refractivity contribution is 0.262. The van der Waals surface area contributed by atoms with Gasteiger partial charge in [0.25, 0.3) is 0 Å². The molecule has 0 aliphatic rings. The van der Waals surface area contributed by atoms with Gasteiger partial charge in [0.1, 0.15) is 5.82 Å². The fraction of sp³-hybridized carbons (Fsp3) is 0.133. The smallest absolute Gasteiger partial charge is 0.307 e. The molecule has 0 aliphatic heterocycles. The number of carbonyl (C=O) groups is 1. The van der Waals surface area contributed by atoms with Crippen molar-refractivity contribution in [2.24, 2.45) is 0 Å². The monoisotopic (exact) mass is 258 g/mol. The van der Waals surface area contributed by atoms with Crippen molar-refractivity contribution in [2.45, 2.75) is 13.8 Å². The minimum absolute atomic E-state index is 0.157. The maximum Gasteiger partial charge on any atom is 0.323 e. The van der Waals surface area contributed by atoms with Gasteiger partial charge in [-0.15, -0.1) is 0 Å². The molecule has 0 fully saturated rings. The van der Waals surface area contributed by atoms with E-state index in [9.17, 15) is 9.18 Å². The second kappa shape index (κ2) is 5.52. The summed E-state index contributed by atoms with van der Waals surface area (Å²) in [5.41, 5.74) is 2.95. The fourth-order valence-corrected chi connectivity index (χ4v) is 1.79. The normalized spacial score (nSPS) is 10.1. The average Bonchev–Trinajstić information content (AvgIpc) is 2.36. The molecule has 98 valence electrons. The Labute approximate surface area is 111 Å². The van der Waals surface area contributed by atoms with E-state index in [1.165, 1.54) is 12.1 Å². The molecule has 2 N–H and O–H groups in total. The topological polar surface area (TPSA) is 41.1 Å². The minimum atomic E-state index is -0.461. The molecule has 0 aliphatic carbocycles. The Balaban J connectivity index is 2.08. The van der Waals surface area contributed by atoms with Crippen LogP contribution in [-0.4, -0.2) is 6.03 Å². The van der Waals surface area contributed by atoms with Crippen molar-refractivity contribution in [1.29, 1.82) is 0 Å². The highest BCUT2D eigenvalue weighted by molar-refractivity contribution is 6.00. The first-order valence-electron chi connectivity index (χ1n) is 5.96. The molecule has 3 nitrogen and oxygen atoms in total. The van der Waals surface area contributed by atoms with Crippen molar-refractivity contribution in [3.05, 3.63) is 59.4 Å². The van der Waals surface area contributed by atoms with Crippen molar-refractivity contribution < 1.29 is 9.18 Å². The predicted molar refractivity (Wildman–Crippen MR) is 75.0 cm³/mol. The van der Waals surface area contributed by atoms with Crippen molar-refractivity contribution >= 4 is 17.4 Å². The number of nitrogens with one attached hydrogen (secondary N) is 2. The van der Waals surface area contributed by atoms with E-state index in [1.807, 2.05) is 32.0 Å². The molecule has 2 amide bonds. The quantitative estimate of drug-likeness (QED) is 0.837. The Hall–Kier alpha value is -2.36. The van der Waals surface area contributed by atoms with Gasteiger partial charge in [0.05, 0.1) is 5.69 Å². The maximum absolute atomic E-state index is 13.4. The van der Waals surface area contributed by atoms with Crippen molar-refractivity contribution in [3.63, 3.8) is 0 Å². The third-order valence-electron chi connectivity index (χ3n) is 2.75. The zero-order valence-corrected chi connectivity index (χ0v) is 10.8. The van der Waals surface area contributed by atoms with Crippen LogP contribution in [-0.2, 0) is 0 Å². The molecule has 0 heterocycles. The van der Waals surface area contributed by atoms with Gasteiger partial charge < -0.3 is 10.6 Å². The predicted octanol–water partition coefficient (Wildman–Crippen LogP) is 4.09. The van der Waals surface area contributed by atoms with E-state index < -0.39 is 11.8 Å². The number of amides is 2. The lowest BCUT2D eigenvalue weighted by Crippen LogP contribution is -2.20. The first-order chi connectivity index (χ1) is 9.06. The van der Waals surface area contributed by atoms with Crippen LogP contribution in [0.4, 0.5) is 20.6 Å². The van der Waals surface area contributed by atoms with Crippen LogP contribution in [0.3, 0.4) is 0 Å². The van der Waals surface area contributed by atoms with Gasteiger partial charge in [0.15, 0.2) is 0 Å². The molecule has 0 aromatic heterocycles. The number of para-hydroxylation sites is 1. The van der Waals surface area contributed by atoms with E-state index in [1.54, 1.807) is 12.1 Å². The number of benzene rings is 2. The minimum Gasteiger partial charge on any atom is -0.307 e. The number of aryl methyl sites for hydroxylation is 2. The highest BCUT2D eigenvalue weighted by Gasteiger charge is 2.07. The molecule has 2 rings (SSSR count). The second-order valence-corrected chi connectivity index (χ2v) is 4.38. The number of hydrogen-bond donors (Lipinski definition) is 2. The largest absolute Gasteiger partial charge is 0.323 e. The van der Waals surface area contributed by atoms with Crippen molar-refractivity contribution in [2.75, 3.05) is 10.6 Å². The van der Waals surface area contributed by atoms with Gasteiger partial charge >= 0.3 is 6.03 Å². The third-order valence-corrected chi connectivity index (χ3v) is 2.75. The van der Waals surface area contributed by atoms with E-state index in [4.69, 9.17) is 0 Å². The van der Waals surface area contributed by atoms with Crippen LogP contribution in [0.25, 0.3) is 0 Å². The van der Waals surface area contributed by atoms with Crippen LogP contribution in [0.2, 0.25) is 0 Å². The number of rotatable bonds is 2. The summed E-state index contributed by atoms with van der Waals surface area (Å²) >= 11 is 0. The highest BCUT2D eigenvalue weighted by Crippen LogP contribution is 2.17. The molecule has 2 aromatic carbocycles. The van der Waals surface area contributed by atoms with Gasteiger partial charge in [0.2, 0.25) is 0 Å². The number of carbonyl (C=O) groups excluding carboxylic acids is 1. The van der Waals surface area contributed by atoms with Gasteiger partial charge in [0, 0.05) is 5.69 Å². The Morgan fingerprint density at radius 1 is 1.00 bits per heavy atom. The zero-order valence-electron chi connectivity index (χ0n) is 10.8. The molecule has 0 saturated carbocycles. The standard InChI is InChI=1S/C15H15FN2O/c1-10-7-8-13(11(2)9-10)17-15(19)18-14-6-4-3-5-12(14)16/h3-9H,1-2H3,(H2,17,18,19). The molecule has 2 aromatic rings. The van der Waals surface area contributed by atoms with Crippen LogP contribution in [0.15, 0.2) is 42.5 Å². The molecular weight excluding hydrogens is 243 g/mol. The van der Waals surface area contributed by atoms with Crippen LogP contribution < -0.4 is 10.6 Å². The van der Waals surface area contributed by atoms with E-state index in [2.05, 4.69) is 10.6 Å². The Morgan fingerprint density at radius 3 is 2.37 bits per heavy atom. The SMILES string of the molecule is Cc1ccc(NC(=O)Nc2ccccc2F)c(C)c1. The first-order valence-corrected chi connectivity index (χ1v) is 5.96. The van der Waals surface area contributed by atoms with Crippen molar-refractivity contribution in [3.8, 4) is 0 Å². The van der Waals surface area contributed by atoms with E-state index in [0.717, 1.165) is 11.1 Å². The molecule has 0 spiro atoms. The summed E-state index contributed by atoms with van der Waals surface area (Å²) in [7, 11) is 0. The van der Waals surface area contributed by atoms with E-state index in [-0.39, 0.29) is 5.69 Å². The Bertz CT molecular complexity index is 611.